The molecule has 4 nitrogen and oxygen atoms in total. The number of benzene rings is 1. The van der Waals surface area contributed by atoms with Gasteiger partial charge in [0.1, 0.15) is 5.82 Å². The number of thiophene rings is 1. The van der Waals surface area contributed by atoms with Crippen LogP contribution in [0.4, 0.5) is 5.82 Å². The minimum Gasteiger partial charge on any atom is -0.371 e. The van der Waals surface area contributed by atoms with Gasteiger partial charge in [-0.25, -0.2) is 0 Å². The van der Waals surface area contributed by atoms with E-state index in [2.05, 4.69) is 60.5 Å². The van der Waals surface area contributed by atoms with E-state index in [4.69, 9.17) is 0 Å². The van der Waals surface area contributed by atoms with Crippen LogP contribution in [0.5, 0.6) is 0 Å². The highest BCUT2D eigenvalue weighted by Crippen LogP contribution is 2.32. The molecule has 1 atom stereocenters. The van der Waals surface area contributed by atoms with E-state index >= 15 is 0 Å². The molecule has 7 heteroatoms. The van der Waals surface area contributed by atoms with E-state index in [-0.39, 0.29) is 5.43 Å². The summed E-state index contributed by atoms with van der Waals surface area (Å²) in [5.41, 5.74) is 0.914. The van der Waals surface area contributed by atoms with Gasteiger partial charge in [-0.2, -0.15) is 0 Å². The lowest BCUT2D eigenvalue weighted by Crippen LogP contribution is -2.27. The maximum Gasteiger partial charge on any atom is 0.191 e. The minimum absolute atomic E-state index is 0.0471. The topological polar surface area (TPSA) is 56.9 Å². The van der Waals surface area contributed by atoms with E-state index in [1.807, 2.05) is 24.3 Å². The third-order valence-electron chi connectivity index (χ3n) is 4.44. The normalized spacial score (nSPS) is 12.4. The van der Waals surface area contributed by atoms with E-state index in [0.29, 0.717) is 5.92 Å². The first-order valence-electron chi connectivity index (χ1n) is 9.07. The number of hydrogen-bond acceptors (Lipinski definition) is 4. The molecule has 2 aromatic heterocycles. The zero-order valence-electron chi connectivity index (χ0n) is 15.1. The number of halogens is 2. The molecule has 0 bridgehead atoms. The van der Waals surface area contributed by atoms with E-state index < -0.39 is 0 Å². The number of hydrogen-bond donors (Lipinski definition) is 3. The van der Waals surface area contributed by atoms with Gasteiger partial charge >= 0.3 is 0 Å². The Bertz CT molecular complexity index is 934. The van der Waals surface area contributed by atoms with Crippen molar-refractivity contribution in [3.05, 3.63) is 59.8 Å². The van der Waals surface area contributed by atoms with Crippen LogP contribution < -0.4 is 16.1 Å². The number of para-hydroxylation sites is 1. The van der Waals surface area contributed by atoms with Crippen LogP contribution in [-0.4, -0.2) is 18.1 Å². The molecule has 0 fully saturated rings. The number of aromatic nitrogens is 1. The lowest BCUT2D eigenvalue weighted by Gasteiger charge is -2.18. The van der Waals surface area contributed by atoms with E-state index in [0.717, 1.165) is 57.5 Å². The third-order valence-corrected chi connectivity index (χ3v) is 7.70. The molecule has 1 unspecified atom stereocenters. The number of pyridine rings is 1. The smallest absolute Gasteiger partial charge is 0.191 e. The van der Waals surface area contributed by atoms with Crippen LogP contribution in [-0.2, 0) is 6.54 Å². The average Bonchev–Trinajstić information content (AvgIpc) is 2.97. The molecule has 3 N–H and O–H groups in total. The fourth-order valence-corrected chi connectivity index (χ4v) is 5.26. The average molecular weight is 513 g/mol. The van der Waals surface area contributed by atoms with Gasteiger partial charge in [0, 0.05) is 33.9 Å². The third kappa shape index (κ3) is 5.67. The summed E-state index contributed by atoms with van der Waals surface area (Å²) in [7, 11) is 0. The molecule has 0 amide bonds. The number of fused-ring (bicyclic) bond motifs is 1. The summed E-state index contributed by atoms with van der Waals surface area (Å²) in [5.74, 6) is 1.28. The highest BCUT2D eigenvalue weighted by molar-refractivity contribution is 9.13. The zero-order valence-corrected chi connectivity index (χ0v) is 19.1. The number of aromatic amines is 1. The Morgan fingerprint density at radius 3 is 2.74 bits per heavy atom. The second kappa shape index (κ2) is 9.87. The Morgan fingerprint density at radius 2 is 2.00 bits per heavy atom. The summed E-state index contributed by atoms with van der Waals surface area (Å²) in [6, 6.07) is 11.4. The van der Waals surface area contributed by atoms with Crippen molar-refractivity contribution in [1.82, 2.24) is 10.3 Å². The molecule has 3 aromatic rings. The predicted molar refractivity (Wildman–Crippen MR) is 123 cm³/mol. The number of H-pyrrole nitrogens is 1. The molecule has 27 heavy (non-hydrogen) atoms. The lowest BCUT2D eigenvalue weighted by molar-refractivity contribution is 0.460. The van der Waals surface area contributed by atoms with Gasteiger partial charge in [-0.05, 0) is 68.9 Å². The molecule has 1 aromatic carbocycles. The first-order chi connectivity index (χ1) is 13.1. The molecule has 0 spiro atoms. The van der Waals surface area contributed by atoms with E-state index in [1.165, 1.54) is 4.88 Å². The molecule has 0 saturated carbocycles. The van der Waals surface area contributed by atoms with Crippen LogP contribution in [0.1, 0.15) is 24.6 Å². The summed E-state index contributed by atoms with van der Waals surface area (Å²) >= 11 is 8.82. The van der Waals surface area contributed by atoms with Gasteiger partial charge in [0.05, 0.1) is 9.30 Å². The van der Waals surface area contributed by atoms with E-state index in [9.17, 15) is 4.79 Å². The minimum atomic E-state index is 0.0471. The molecule has 0 aliphatic heterocycles. The Balaban J connectivity index is 1.57. The maximum absolute atomic E-state index is 12.2. The fourth-order valence-electron chi connectivity index (χ4n) is 3.11. The summed E-state index contributed by atoms with van der Waals surface area (Å²) in [6.07, 6.45) is 2.27. The van der Waals surface area contributed by atoms with Crippen molar-refractivity contribution in [2.45, 2.75) is 26.3 Å². The summed E-state index contributed by atoms with van der Waals surface area (Å²) in [6.45, 7) is 4.83. The number of anilines is 1. The Labute approximate surface area is 180 Å². The standard InChI is InChI=1S/C20H23Br2N3OS/c1-2-5-13(10-23-12-14-8-16(21)20(22)27-14)11-24-19-9-18(26)15-6-3-4-7-17(15)25-19/h3-4,6-9,13,23H,2,5,10-12H2,1H3,(H2,24,25,26). The predicted octanol–water partition coefficient (Wildman–Crippen LogP) is 5.73. The first kappa shape index (κ1) is 20.6. The number of rotatable bonds is 9. The molecule has 0 aliphatic rings. The second-order valence-corrected chi connectivity index (χ2v) is 9.90. The monoisotopic (exact) mass is 511 g/mol. The van der Waals surface area contributed by atoms with Crippen LogP contribution in [0.25, 0.3) is 10.9 Å². The largest absolute Gasteiger partial charge is 0.371 e. The van der Waals surface area contributed by atoms with Crippen molar-refractivity contribution < 1.29 is 0 Å². The highest BCUT2D eigenvalue weighted by atomic mass is 79.9. The summed E-state index contributed by atoms with van der Waals surface area (Å²) < 4.78 is 2.24. The van der Waals surface area contributed by atoms with Gasteiger partial charge in [0.25, 0.3) is 0 Å². The second-order valence-electron chi connectivity index (χ2n) is 6.59. The van der Waals surface area contributed by atoms with Crippen molar-refractivity contribution in [2.75, 3.05) is 18.4 Å². The molecular formula is C20H23Br2N3OS. The molecule has 144 valence electrons. The highest BCUT2D eigenvalue weighted by Gasteiger charge is 2.10. The molecular weight excluding hydrogens is 490 g/mol. The van der Waals surface area contributed by atoms with Crippen molar-refractivity contribution in [3.63, 3.8) is 0 Å². The number of nitrogens with one attached hydrogen (secondary N) is 3. The van der Waals surface area contributed by atoms with Gasteiger partial charge in [-0.3, -0.25) is 4.79 Å². The van der Waals surface area contributed by atoms with Crippen LogP contribution >= 0.6 is 43.2 Å². The van der Waals surface area contributed by atoms with Crippen molar-refractivity contribution in [2.24, 2.45) is 5.92 Å². The van der Waals surface area contributed by atoms with Crippen LogP contribution in [0, 0.1) is 5.92 Å². The zero-order chi connectivity index (χ0) is 19.2. The maximum atomic E-state index is 12.2. The summed E-state index contributed by atoms with van der Waals surface area (Å²) in [5, 5.41) is 7.70. The summed E-state index contributed by atoms with van der Waals surface area (Å²) in [4.78, 5) is 16.9. The Morgan fingerprint density at radius 1 is 1.19 bits per heavy atom. The van der Waals surface area contributed by atoms with Gasteiger partial charge in [-0.1, -0.05) is 25.5 Å². The van der Waals surface area contributed by atoms with Gasteiger partial charge < -0.3 is 15.6 Å². The Kier molecular flexibility index (Phi) is 7.52. The Hall–Kier alpha value is -1.15. The van der Waals surface area contributed by atoms with Crippen molar-refractivity contribution >= 4 is 59.9 Å². The van der Waals surface area contributed by atoms with Crippen LogP contribution in [0.15, 0.2) is 49.5 Å². The van der Waals surface area contributed by atoms with Gasteiger partial charge in [-0.15, -0.1) is 11.3 Å². The van der Waals surface area contributed by atoms with Gasteiger partial charge in [0.15, 0.2) is 5.43 Å². The van der Waals surface area contributed by atoms with Crippen LogP contribution in [0.3, 0.4) is 0 Å². The SMILES string of the molecule is CCCC(CNCc1cc(Br)c(Br)s1)CNc1cc(=O)c2ccccc2[nH]1. The molecule has 2 heterocycles. The van der Waals surface area contributed by atoms with Crippen LogP contribution in [0.2, 0.25) is 0 Å². The van der Waals surface area contributed by atoms with Gasteiger partial charge in [0.2, 0.25) is 0 Å². The molecule has 0 radical (unpaired) electrons. The molecule has 0 saturated heterocycles. The quantitative estimate of drug-likeness (QED) is 0.343. The van der Waals surface area contributed by atoms with Crippen molar-refractivity contribution in [1.29, 1.82) is 0 Å². The first-order valence-corrected chi connectivity index (χ1v) is 11.5. The molecule has 0 aliphatic carbocycles. The lowest BCUT2D eigenvalue weighted by atomic mass is 10.0. The van der Waals surface area contributed by atoms with E-state index in [1.54, 1.807) is 17.4 Å². The van der Waals surface area contributed by atoms with Crippen molar-refractivity contribution in [3.8, 4) is 0 Å². The fraction of sp³-hybridized carbons (Fsp3) is 0.350. The molecule has 3 rings (SSSR count).